The molecule has 0 saturated carbocycles. The van der Waals surface area contributed by atoms with Crippen molar-refractivity contribution in [1.29, 1.82) is 0 Å². The first-order chi connectivity index (χ1) is 6.59. The molecular weight excluding hydrogens is 190 g/mol. The Morgan fingerprint density at radius 3 is 3.00 bits per heavy atom. The number of esters is 1. The average Bonchev–Trinajstić information content (AvgIpc) is 2.55. The molecule has 80 valence electrons. The van der Waals surface area contributed by atoms with Crippen molar-refractivity contribution < 1.29 is 24.1 Å². The molecule has 2 heterocycles. The van der Waals surface area contributed by atoms with E-state index >= 15 is 0 Å². The van der Waals surface area contributed by atoms with E-state index in [-0.39, 0.29) is 0 Å². The molecule has 0 aromatic carbocycles. The van der Waals surface area contributed by atoms with E-state index in [1.54, 1.807) is 0 Å². The minimum Gasteiger partial charge on any atom is -0.457 e. The zero-order valence-corrected chi connectivity index (χ0v) is 7.75. The molecule has 2 aliphatic heterocycles. The maximum Gasteiger partial charge on any atom is 0.303 e. The van der Waals surface area contributed by atoms with Gasteiger partial charge in [0.2, 0.25) is 0 Å². The van der Waals surface area contributed by atoms with Crippen LogP contribution in [-0.2, 0) is 19.0 Å². The van der Waals surface area contributed by atoms with Gasteiger partial charge < -0.3 is 25.1 Å². The number of ether oxygens (including phenoxy) is 3. The third kappa shape index (κ3) is 1.50. The zero-order valence-electron chi connectivity index (χ0n) is 7.75. The van der Waals surface area contributed by atoms with Crippen molar-refractivity contribution in [3.05, 3.63) is 0 Å². The molecule has 14 heavy (non-hydrogen) atoms. The van der Waals surface area contributed by atoms with Gasteiger partial charge in [0.15, 0.2) is 12.4 Å². The van der Waals surface area contributed by atoms with Crippen molar-refractivity contribution >= 4 is 5.97 Å². The zero-order chi connectivity index (χ0) is 10.3. The van der Waals surface area contributed by atoms with Gasteiger partial charge >= 0.3 is 5.97 Å². The molecule has 0 amide bonds. The van der Waals surface area contributed by atoms with Crippen molar-refractivity contribution in [2.24, 2.45) is 5.73 Å². The third-order valence-electron chi connectivity index (χ3n) is 2.45. The summed E-state index contributed by atoms with van der Waals surface area (Å²) in [6.45, 7) is 1.58. The van der Waals surface area contributed by atoms with Crippen LogP contribution in [0.4, 0.5) is 0 Å². The first-order valence-electron chi connectivity index (χ1n) is 4.47. The van der Waals surface area contributed by atoms with Gasteiger partial charge in [0, 0.05) is 6.92 Å². The fourth-order valence-corrected chi connectivity index (χ4v) is 1.75. The summed E-state index contributed by atoms with van der Waals surface area (Å²) in [4.78, 5) is 10.8. The van der Waals surface area contributed by atoms with Crippen LogP contribution in [0.5, 0.6) is 0 Å². The van der Waals surface area contributed by atoms with Crippen LogP contribution in [0, 0.1) is 0 Å². The summed E-state index contributed by atoms with van der Waals surface area (Å²) in [5, 5.41) is 9.70. The van der Waals surface area contributed by atoms with Gasteiger partial charge in [-0.05, 0) is 0 Å². The number of hydrogen-bond acceptors (Lipinski definition) is 6. The number of carbonyl (C=O) groups is 1. The van der Waals surface area contributed by atoms with E-state index in [9.17, 15) is 9.90 Å². The van der Waals surface area contributed by atoms with E-state index in [1.807, 2.05) is 0 Å². The summed E-state index contributed by atoms with van der Waals surface area (Å²) in [6.07, 6.45) is -2.63. The van der Waals surface area contributed by atoms with Gasteiger partial charge in [0.25, 0.3) is 0 Å². The summed E-state index contributed by atoms with van der Waals surface area (Å²) in [5.74, 6) is -0.463. The fraction of sp³-hybridized carbons (Fsp3) is 0.875. The molecule has 0 spiro atoms. The van der Waals surface area contributed by atoms with Gasteiger partial charge in [-0.25, -0.2) is 0 Å². The van der Waals surface area contributed by atoms with Crippen LogP contribution in [0.25, 0.3) is 0 Å². The molecule has 3 N–H and O–H groups in total. The third-order valence-corrected chi connectivity index (χ3v) is 2.45. The molecular formula is C8H13NO5. The molecule has 2 rings (SSSR count). The summed E-state index contributed by atoms with van der Waals surface area (Å²) in [5.41, 5.74) is 5.63. The minimum absolute atomic E-state index is 0.299. The van der Waals surface area contributed by atoms with Crippen LogP contribution in [0.15, 0.2) is 0 Å². The highest BCUT2D eigenvalue weighted by Crippen LogP contribution is 2.28. The molecule has 2 bridgehead atoms. The van der Waals surface area contributed by atoms with Crippen LogP contribution < -0.4 is 5.73 Å². The van der Waals surface area contributed by atoms with Crippen LogP contribution in [0.2, 0.25) is 0 Å². The van der Waals surface area contributed by atoms with Crippen LogP contribution in [-0.4, -0.2) is 48.3 Å². The molecule has 6 heteroatoms. The predicted molar refractivity (Wildman–Crippen MR) is 44.1 cm³/mol. The highest BCUT2D eigenvalue weighted by Gasteiger charge is 2.50. The highest BCUT2D eigenvalue weighted by atomic mass is 16.7. The Labute approximate surface area is 80.9 Å². The first kappa shape index (κ1) is 9.85. The predicted octanol–water partition coefficient (Wildman–Crippen LogP) is -1.64. The molecule has 6 nitrogen and oxygen atoms in total. The lowest BCUT2D eigenvalue weighted by Crippen LogP contribution is -2.58. The molecule has 0 aromatic rings. The molecule has 2 aliphatic rings. The topological polar surface area (TPSA) is 91.0 Å². The molecule has 0 aliphatic carbocycles. The molecule has 0 radical (unpaired) electrons. The van der Waals surface area contributed by atoms with E-state index < -0.39 is 36.6 Å². The lowest BCUT2D eigenvalue weighted by Gasteiger charge is -2.35. The van der Waals surface area contributed by atoms with E-state index in [0.29, 0.717) is 6.61 Å². The summed E-state index contributed by atoms with van der Waals surface area (Å²) < 4.78 is 15.4. The standard InChI is InChI=1S/C8H13NO5/c1-3(10)13-7-4-2-12-8(14-4)5(9)6(7)11/h4-8,11H,2,9H2,1H3/t4-,5-,6-,7-,8-/m1/s1. The van der Waals surface area contributed by atoms with Gasteiger partial charge in [0.05, 0.1) is 12.6 Å². The summed E-state index contributed by atoms with van der Waals surface area (Å²) >= 11 is 0. The Kier molecular flexibility index (Phi) is 2.44. The van der Waals surface area contributed by atoms with Gasteiger partial charge in [-0.3, -0.25) is 4.79 Å². The maximum absolute atomic E-state index is 10.8. The van der Waals surface area contributed by atoms with E-state index in [1.165, 1.54) is 6.92 Å². The van der Waals surface area contributed by atoms with Gasteiger partial charge in [0.1, 0.15) is 12.2 Å². The van der Waals surface area contributed by atoms with Crippen LogP contribution >= 0.6 is 0 Å². The second kappa shape index (κ2) is 3.47. The van der Waals surface area contributed by atoms with Crippen molar-refractivity contribution in [2.45, 2.75) is 37.6 Å². The highest BCUT2D eigenvalue weighted by molar-refractivity contribution is 5.66. The number of hydrogen-bond donors (Lipinski definition) is 2. The minimum atomic E-state index is -0.926. The number of nitrogens with two attached hydrogens (primary N) is 1. The van der Waals surface area contributed by atoms with Crippen LogP contribution in [0.3, 0.4) is 0 Å². The van der Waals surface area contributed by atoms with Crippen molar-refractivity contribution in [3.8, 4) is 0 Å². The Balaban J connectivity index is 2.10. The molecule has 0 aromatic heterocycles. The van der Waals surface area contributed by atoms with Gasteiger partial charge in [-0.15, -0.1) is 0 Å². The molecule has 0 unspecified atom stereocenters. The summed E-state index contributed by atoms with van der Waals surface area (Å²) in [7, 11) is 0. The normalized spacial score (nSPS) is 46.4. The number of aliphatic hydroxyl groups is 1. The second-order valence-electron chi connectivity index (χ2n) is 3.52. The SMILES string of the molecule is CC(=O)O[C@H]1[C@H](O)[C@@H](N)[C@@H]2OC[C@H]1O2. The smallest absolute Gasteiger partial charge is 0.303 e. The summed E-state index contributed by atoms with van der Waals surface area (Å²) in [6, 6.07) is -0.668. The Morgan fingerprint density at radius 1 is 1.64 bits per heavy atom. The van der Waals surface area contributed by atoms with E-state index in [2.05, 4.69) is 0 Å². The largest absolute Gasteiger partial charge is 0.457 e. The maximum atomic E-state index is 10.8. The van der Waals surface area contributed by atoms with Crippen molar-refractivity contribution in [1.82, 2.24) is 0 Å². The van der Waals surface area contributed by atoms with Crippen LogP contribution in [0.1, 0.15) is 6.92 Å². The lowest BCUT2D eigenvalue weighted by atomic mass is 9.99. The van der Waals surface area contributed by atoms with Crippen molar-refractivity contribution in [3.63, 3.8) is 0 Å². The fourth-order valence-electron chi connectivity index (χ4n) is 1.75. The quantitative estimate of drug-likeness (QED) is 0.497. The monoisotopic (exact) mass is 203 g/mol. The Bertz CT molecular complexity index is 246. The first-order valence-corrected chi connectivity index (χ1v) is 4.47. The number of aliphatic hydroxyl groups excluding tert-OH is 1. The van der Waals surface area contributed by atoms with Gasteiger partial charge in [-0.2, -0.15) is 0 Å². The number of rotatable bonds is 1. The van der Waals surface area contributed by atoms with Gasteiger partial charge in [-0.1, -0.05) is 0 Å². The van der Waals surface area contributed by atoms with E-state index in [0.717, 1.165) is 0 Å². The van der Waals surface area contributed by atoms with Crippen molar-refractivity contribution in [2.75, 3.05) is 6.61 Å². The number of carbonyl (C=O) groups excluding carboxylic acids is 1. The lowest BCUT2D eigenvalue weighted by molar-refractivity contribution is -0.198. The average molecular weight is 203 g/mol. The Hall–Kier alpha value is -0.690. The van der Waals surface area contributed by atoms with E-state index in [4.69, 9.17) is 19.9 Å². The Morgan fingerprint density at radius 2 is 2.36 bits per heavy atom. The second-order valence-corrected chi connectivity index (χ2v) is 3.52. The molecule has 5 atom stereocenters. The number of fused-ring (bicyclic) bond motifs is 2. The molecule has 2 fully saturated rings. The molecule has 2 saturated heterocycles.